The van der Waals surface area contributed by atoms with Gasteiger partial charge in [-0.2, -0.15) is 0 Å². The quantitative estimate of drug-likeness (QED) is 0.730. The van der Waals surface area contributed by atoms with E-state index in [4.69, 9.17) is 5.73 Å². The van der Waals surface area contributed by atoms with Crippen molar-refractivity contribution in [2.45, 2.75) is 6.92 Å². The van der Waals surface area contributed by atoms with Crippen molar-refractivity contribution in [2.75, 3.05) is 18.0 Å². The number of hydrogen-bond acceptors (Lipinski definition) is 3. The van der Waals surface area contributed by atoms with E-state index in [-0.39, 0.29) is 12.5 Å². The standard InChI is InChI=1S/C9H13N3O/c1-2-12(9(13)7-10)8-3-5-11-6-4-8/h3-6H,2,7,10H2,1H3. The zero-order valence-electron chi connectivity index (χ0n) is 7.60. The summed E-state index contributed by atoms with van der Waals surface area (Å²) in [5.41, 5.74) is 6.12. The number of carbonyl (C=O) groups is 1. The highest BCUT2D eigenvalue weighted by Crippen LogP contribution is 2.10. The highest BCUT2D eigenvalue weighted by atomic mass is 16.2. The van der Waals surface area contributed by atoms with Crippen LogP contribution in [0.15, 0.2) is 24.5 Å². The fraction of sp³-hybridized carbons (Fsp3) is 0.333. The van der Waals surface area contributed by atoms with Crippen LogP contribution in [0.25, 0.3) is 0 Å². The van der Waals surface area contributed by atoms with Crippen LogP contribution in [0, 0.1) is 0 Å². The summed E-state index contributed by atoms with van der Waals surface area (Å²) < 4.78 is 0. The summed E-state index contributed by atoms with van der Waals surface area (Å²) in [7, 11) is 0. The van der Waals surface area contributed by atoms with Gasteiger partial charge < -0.3 is 10.6 Å². The number of carbonyl (C=O) groups excluding carboxylic acids is 1. The lowest BCUT2D eigenvalue weighted by atomic mass is 10.3. The molecular formula is C9H13N3O. The van der Waals surface area contributed by atoms with Crippen LogP contribution < -0.4 is 10.6 Å². The van der Waals surface area contributed by atoms with Crippen LogP contribution in [0.3, 0.4) is 0 Å². The maximum atomic E-state index is 11.3. The molecule has 0 saturated carbocycles. The third-order valence-corrected chi connectivity index (χ3v) is 1.77. The van der Waals surface area contributed by atoms with Crippen molar-refractivity contribution in [3.63, 3.8) is 0 Å². The molecule has 13 heavy (non-hydrogen) atoms. The molecule has 1 aromatic heterocycles. The third-order valence-electron chi connectivity index (χ3n) is 1.77. The Balaban J connectivity index is 2.85. The summed E-state index contributed by atoms with van der Waals surface area (Å²) in [6.45, 7) is 2.57. The molecule has 2 N–H and O–H groups in total. The average Bonchev–Trinajstić information content (AvgIpc) is 2.20. The lowest BCUT2D eigenvalue weighted by molar-refractivity contribution is -0.117. The van der Waals surface area contributed by atoms with E-state index in [1.54, 1.807) is 29.4 Å². The lowest BCUT2D eigenvalue weighted by Crippen LogP contribution is -2.35. The normalized spacial score (nSPS) is 9.69. The highest BCUT2D eigenvalue weighted by molar-refractivity contribution is 5.94. The fourth-order valence-electron chi connectivity index (χ4n) is 1.14. The van der Waals surface area contributed by atoms with Gasteiger partial charge in [0, 0.05) is 24.6 Å². The first-order chi connectivity index (χ1) is 6.29. The van der Waals surface area contributed by atoms with Gasteiger partial charge in [0.25, 0.3) is 0 Å². The molecule has 1 amide bonds. The number of anilines is 1. The molecular weight excluding hydrogens is 166 g/mol. The SMILES string of the molecule is CCN(C(=O)CN)c1ccncc1. The number of nitrogens with two attached hydrogens (primary N) is 1. The smallest absolute Gasteiger partial charge is 0.240 e. The zero-order valence-corrected chi connectivity index (χ0v) is 7.60. The lowest BCUT2D eigenvalue weighted by Gasteiger charge is -2.19. The number of likely N-dealkylation sites (N-methyl/N-ethyl adjacent to an activating group) is 1. The largest absolute Gasteiger partial charge is 0.322 e. The van der Waals surface area contributed by atoms with E-state index in [0.29, 0.717) is 6.54 Å². The first-order valence-corrected chi connectivity index (χ1v) is 4.20. The molecule has 1 rings (SSSR count). The average molecular weight is 179 g/mol. The zero-order chi connectivity index (χ0) is 9.68. The van der Waals surface area contributed by atoms with Gasteiger partial charge in [0.2, 0.25) is 5.91 Å². The Kier molecular flexibility index (Phi) is 3.40. The fourth-order valence-corrected chi connectivity index (χ4v) is 1.14. The van der Waals surface area contributed by atoms with E-state index >= 15 is 0 Å². The van der Waals surface area contributed by atoms with Gasteiger partial charge in [-0.1, -0.05) is 0 Å². The molecule has 0 saturated heterocycles. The summed E-state index contributed by atoms with van der Waals surface area (Å²) in [6.07, 6.45) is 3.31. The van der Waals surface area contributed by atoms with E-state index in [2.05, 4.69) is 4.98 Å². The van der Waals surface area contributed by atoms with E-state index in [0.717, 1.165) is 5.69 Å². The van der Waals surface area contributed by atoms with Gasteiger partial charge in [-0.25, -0.2) is 0 Å². The van der Waals surface area contributed by atoms with Gasteiger partial charge in [0.15, 0.2) is 0 Å². The second-order valence-corrected chi connectivity index (χ2v) is 2.55. The van der Waals surface area contributed by atoms with Crippen LogP contribution in [-0.4, -0.2) is 24.0 Å². The van der Waals surface area contributed by atoms with E-state index in [9.17, 15) is 4.79 Å². The van der Waals surface area contributed by atoms with Crippen molar-refractivity contribution in [1.82, 2.24) is 4.98 Å². The predicted octanol–water partition coefficient (Wildman–Crippen LogP) is 0.393. The topological polar surface area (TPSA) is 59.2 Å². The molecule has 0 unspecified atom stereocenters. The van der Waals surface area contributed by atoms with Crippen molar-refractivity contribution in [3.8, 4) is 0 Å². The molecule has 0 radical (unpaired) electrons. The van der Waals surface area contributed by atoms with Crippen LogP contribution in [-0.2, 0) is 4.79 Å². The first-order valence-electron chi connectivity index (χ1n) is 4.20. The highest BCUT2D eigenvalue weighted by Gasteiger charge is 2.10. The molecule has 0 aromatic carbocycles. The minimum absolute atomic E-state index is 0.0379. The number of nitrogens with zero attached hydrogens (tertiary/aromatic N) is 2. The minimum Gasteiger partial charge on any atom is -0.322 e. The van der Waals surface area contributed by atoms with E-state index in [1.165, 1.54) is 0 Å². The summed E-state index contributed by atoms with van der Waals surface area (Å²) in [6, 6.07) is 3.58. The molecule has 1 aromatic rings. The molecule has 4 heteroatoms. The predicted molar refractivity (Wildman–Crippen MR) is 51.3 cm³/mol. The Hall–Kier alpha value is -1.42. The maximum absolute atomic E-state index is 11.3. The molecule has 0 bridgehead atoms. The Morgan fingerprint density at radius 3 is 2.62 bits per heavy atom. The second kappa shape index (κ2) is 4.57. The molecule has 0 aliphatic heterocycles. The molecule has 70 valence electrons. The molecule has 0 fully saturated rings. The number of amides is 1. The summed E-state index contributed by atoms with van der Waals surface area (Å²) in [5.74, 6) is -0.0753. The van der Waals surface area contributed by atoms with Gasteiger partial charge in [0.1, 0.15) is 0 Å². The molecule has 0 spiro atoms. The molecule has 1 heterocycles. The van der Waals surface area contributed by atoms with Crippen LogP contribution in [0.5, 0.6) is 0 Å². The van der Waals surface area contributed by atoms with Gasteiger partial charge >= 0.3 is 0 Å². The molecule has 0 aliphatic carbocycles. The monoisotopic (exact) mass is 179 g/mol. The van der Waals surface area contributed by atoms with E-state index < -0.39 is 0 Å². The Labute approximate surface area is 77.4 Å². The van der Waals surface area contributed by atoms with Crippen molar-refractivity contribution in [3.05, 3.63) is 24.5 Å². The Bertz CT molecular complexity index is 273. The number of pyridine rings is 1. The maximum Gasteiger partial charge on any atom is 0.240 e. The van der Waals surface area contributed by atoms with Crippen LogP contribution in [0.2, 0.25) is 0 Å². The number of aromatic nitrogens is 1. The van der Waals surface area contributed by atoms with Crippen molar-refractivity contribution < 1.29 is 4.79 Å². The van der Waals surface area contributed by atoms with E-state index in [1.807, 2.05) is 6.92 Å². The first kappa shape index (κ1) is 9.67. The number of hydrogen-bond donors (Lipinski definition) is 1. The third kappa shape index (κ3) is 2.26. The molecule has 4 nitrogen and oxygen atoms in total. The number of rotatable bonds is 3. The van der Waals surface area contributed by atoms with Gasteiger partial charge in [-0.05, 0) is 19.1 Å². The summed E-state index contributed by atoms with van der Waals surface area (Å²) in [5, 5.41) is 0. The van der Waals surface area contributed by atoms with Gasteiger partial charge in [-0.3, -0.25) is 9.78 Å². The van der Waals surface area contributed by atoms with Crippen molar-refractivity contribution >= 4 is 11.6 Å². The van der Waals surface area contributed by atoms with Gasteiger partial charge in [-0.15, -0.1) is 0 Å². The summed E-state index contributed by atoms with van der Waals surface area (Å²) in [4.78, 5) is 16.8. The molecule has 0 aliphatic rings. The van der Waals surface area contributed by atoms with Gasteiger partial charge in [0.05, 0.1) is 6.54 Å². The minimum atomic E-state index is -0.0753. The van der Waals surface area contributed by atoms with Crippen molar-refractivity contribution in [2.24, 2.45) is 5.73 Å². The van der Waals surface area contributed by atoms with Crippen LogP contribution in [0.4, 0.5) is 5.69 Å². The van der Waals surface area contributed by atoms with Crippen molar-refractivity contribution in [1.29, 1.82) is 0 Å². The summed E-state index contributed by atoms with van der Waals surface area (Å²) >= 11 is 0. The van der Waals surface area contributed by atoms with Crippen LogP contribution >= 0.6 is 0 Å². The Morgan fingerprint density at radius 2 is 2.15 bits per heavy atom. The second-order valence-electron chi connectivity index (χ2n) is 2.55. The molecule has 0 atom stereocenters. The Morgan fingerprint density at radius 1 is 1.54 bits per heavy atom. The van der Waals surface area contributed by atoms with Crippen LogP contribution in [0.1, 0.15) is 6.92 Å².